The molecule has 2 heterocycles. The smallest absolute Gasteiger partial charge is 0.0206 e. The first-order valence-corrected chi connectivity index (χ1v) is 4.74. The molecule has 1 spiro atoms. The van der Waals surface area contributed by atoms with Gasteiger partial charge >= 0.3 is 0 Å². The van der Waals surface area contributed by atoms with Gasteiger partial charge in [0.25, 0.3) is 0 Å². The average Bonchev–Trinajstić information content (AvgIpc) is 2.09. The average molecular weight is 154 g/mol. The summed E-state index contributed by atoms with van der Waals surface area (Å²) in [5.41, 5.74) is 0.574. The van der Waals surface area contributed by atoms with Crippen LogP contribution in [0.4, 0.5) is 0 Å². The maximum Gasteiger partial charge on any atom is 0.0206 e. The second kappa shape index (κ2) is 2.76. The van der Waals surface area contributed by atoms with Gasteiger partial charge in [0.2, 0.25) is 0 Å². The molecule has 2 nitrogen and oxygen atoms in total. The van der Waals surface area contributed by atoms with E-state index in [-0.39, 0.29) is 0 Å². The highest BCUT2D eigenvalue weighted by Crippen LogP contribution is 2.30. The Hall–Kier alpha value is -0.0800. The molecule has 0 bridgehead atoms. The predicted molar refractivity (Wildman–Crippen MR) is 46.7 cm³/mol. The van der Waals surface area contributed by atoms with Crippen LogP contribution < -0.4 is 5.32 Å². The highest BCUT2D eigenvalue weighted by atomic mass is 15.1. The molecule has 2 aliphatic heterocycles. The van der Waals surface area contributed by atoms with Crippen LogP contribution in [0.3, 0.4) is 0 Å². The van der Waals surface area contributed by atoms with Crippen molar-refractivity contribution in [3.8, 4) is 0 Å². The first kappa shape index (κ1) is 7.56. The molecule has 11 heavy (non-hydrogen) atoms. The predicted octanol–water partition coefficient (Wildman–Crippen LogP) is 0.834. The van der Waals surface area contributed by atoms with Crippen LogP contribution in [0.2, 0.25) is 0 Å². The minimum atomic E-state index is 0.574. The SMILES string of the molecule is CN1CCCC2(CCN2)CC1. The molecule has 0 amide bonds. The minimum absolute atomic E-state index is 0.574. The fourth-order valence-electron chi connectivity index (χ4n) is 2.23. The zero-order chi connectivity index (χ0) is 7.73. The molecule has 0 radical (unpaired) electrons. The van der Waals surface area contributed by atoms with Crippen LogP contribution in [0.1, 0.15) is 25.7 Å². The van der Waals surface area contributed by atoms with Crippen molar-refractivity contribution in [3.05, 3.63) is 0 Å². The first-order valence-electron chi connectivity index (χ1n) is 4.74. The summed E-state index contributed by atoms with van der Waals surface area (Å²) in [6.45, 7) is 3.83. The molecule has 0 aromatic heterocycles. The topological polar surface area (TPSA) is 15.3 Å². The van der Waals surface area contributed by atoms with E-state index < -0.39 is 0 Å². The van der Waals surface area contributed by atoms with Gasteiger partial charge < -0.3 is 10.2 Å². The number of nitrogens with one attached hydrogen (secondary N) is 1. The van der Waals surface area contributed by atoms with Gasteiger partial charge in [-0.25, -0.2) is 0 Å². The molecule has 1 atom stereocenters. The van der Waals surface area contributed by atoms with Gasteiger partial charge in [0, 0.05) is 5.54 Å². The molecule has 2 rings (SSSR count). The molecule has 1 unspecified atom stereocenters. The highest BCUT2D eigenvalue weighted by molar-refractivity contribution is 4.98. The summed E-state index contributed by atoms with van der Waals surface area (Å²) in [6.07, 6.45) is 5.56. The van der Waals surface area contributed by atoms with Crippen molar-refractivity contribution >= 4 is 0 Å². The number of hydrogen-bond acceptors (Lipinski definition) is 2. The van der Waals surface area contributed by atoms with Gasteiger partial charge in [-0.2, -0.15) is 0 Å². The van der Waals surface area contributed by atoms with Crippen LogP contribution in [0, 0.1) is 0 Å². The van der Waals surface area contributed by atoms with E-state index in [1.165, 1.54) is 45.3 Å². The molecule has 1 N–H and O–H groups in total. The Bertz CT molecular complexity index is 140. The van der Waals surface area contributed by atoms with Crippen molar-refractivity contribution in [1.29, 1.82) is 0 Å². The molecule has 2 fully saturated rings. The van der Waals surface area contributed by atoms with E-state index >= 15 is 0 Å². The molecular formula is C9H18N2. The molecule has 64 valence electrons. The first-order chi connectivity index (χ1) is 5.31. The zero-order valence-corrected chi connectivity index (χ0v) is 7.40. The quantitative estimate of drug-likeness (QED) is 0.556. The Labute approximate surface area is 69.0 Å². The lowest BCUT2D eigenvalue weighted by atomic mass is 9.81. The number of likely N-dealkylation sites (tertiary alicyclic amines) is 1. The molecule has 2 aliphatic rings. The van der Waals surface area contributed by atoms with E-state index in [1.807, 2.05) is 0 Å². The fourth-order valence-corrected chi connectivity index (χ4v) is 2.23. The van der Waals surface area contributed by atoms with Gasteiger partial charge in [0.05, 0.1) is 0 Å². The van der Waals surface area contributed by atoms with Gasteiger partial charge in [-0.05, 0) is 52.4 Å². The van der Waals surface area contributed by atoms with Gasteiger partial charge in [-0.15, -0.1) is 0 Å². The van der Waals surface area contributed by atoms with Crippen LogP contribution in [0.15, 0.2) is 0 Å². The summed E-state index contributed by atoms with van der Waals surface area (Å²) in [4.78, 5) is 2.45. The summed E-state index contributed by atoms with van der Waals surface area (Å²) in [6, 6.07) is 0. The largest absolute Gasteiger partial charge is 0.311 e. The van der Waals surface area contributed by atoms with Crippen molar-refractivity contribution < 1.29 is 0 Å². The Morgan fingerprint density at radius 1 is 1.18 bits per heavy atom. The lowest BCUT2D eigenvalue weighted by molar-refractivity contribution is 0.179. The molecule has 0 aliphatic carbocycles. The maximum atomic E-state index is 3.59. The summed E-state index contributed by atoms with van der Waals surface area (Å²) < 4.78 is 0. The third kappa shape index (κ3) is 1.42. The van der Waals surface area contributed by atoms with E-state index in [4.69, 9.17) is 0 Å². The Kier molecular flexibility index (Phi) is 1.90. The summed E-state index contributed by atoms with van der Waals surface area (Å²) in [5.74, 6) is 0. The monoisotopic (exact) mass is 154 g/mol. The third-order valence-electron chi connectivity index (χ3n) is 3.27. The molecular weight excluding hydrogens is 136 g/mol. The van der Waals surface area contributed by atoms with Crippen LogP contribution in [-0.4, -0.2) is 37.1 Å². The molecule has 2 heteroatoms. The van der Waals surface area contributed by atoms with Crippen LogP contribution in [-0.2, 0) is 0 Å². The zero-order valence-electron chi connectivity index (χ0n) is 7.40. The van der Waals surface area contributed by atoms with Crippen LogP contribution in [0.25, 0.3) is 0 Å². The van der Waals surface area contributed by atoms with E-state index in [1.54, 1.807) is 0 Å². The van der Waals surface area contributed by atoms with Gasteiger partial charge in [-0.1, -0.05) is 0 Å². The molecule has 0 saturated carbocycles. The second-order valence-corrected chi connectivity index (χ2v) is 4.11. The minimum Gasteiger partial charge on any atom is -0.311 e. The van der Waals surface area contributed by atoms with Crippen LogP contribution in [0.5, 0.6) is 0 Å². The van der Waals surface area contributed by atoms with Gasteiger partial charge in [-0.3, -0.25) is 0 Å². The summed E-state index contributed by atoms with van der Waals surface area (Å²) in [5, 5.41) is 3.59. The normalized spacial score (nSPS) is 40.1. The van der Waals surface area contributed by atoms with Crippen molar-refractivity contribution in [2.24, 2.45) is 0 Å². The molecule has 0 aromatic carbocycles. The van der Waals surface area contributed by atoms with Crippen LogP contribution >= 0.6 is 0 Å². The Balaban J connectivity index is 1.92. The fraction of sp³-hybridized carbons (Fsp3) is 1.00. The van der Waals surface area contributed by atoms with Gasteiger partial charge in [0.1, 0.15) is 0 Å². The molecule has 0 aromatic rings. The van der Waals surface area contributed by atoms with E-state index in [2.05, 4.69) is 17.3 Å². The summed E-state index contributed by atoms with van der Waals surface area (Å²) >= 11 is 0. The highest BCUT2D eigenvalue weighted by Gasteiger charge is 2.36. The van der Waals surface area contributed by atoms with Crippen molar-refractivity contribution in [2.45, 2.75) is 31.2 Å². The van der Waals surface area contributed by atoms with E-state index in [0.717, 1.165) is 0 Å². The number of rotatable bonds is 0. The van der Waals surface area contributed by atoms with Crippen molar-refractivity contribution in [1.82, 2.24) is 10.2 Å². The standard InChI is InChI=1S/C9H18N2/c1-11-7-2-3-9(5-8-11)4-6-10-9/h10H,2-8H2,1H3. The second-order valence-electron chi connectivity index (χ2n) is 4.11. The lowest BCUT2D eigenvalue weighted by Crippen LogP contribution is -2.57. The summed E-state index contributed by atoms with van der Waals surface area (Å²) in [7, 11) is 2.23. The Morgan fingerprint density at radius 3 is 2.64 bits per heavy atom. The maximum absolute atomic E-state index is 3.59. The van der Waals surface area contributed by atoms with Crippen molar-refractivity contribution in [3.63, 3.8) is 0 Å². The van der Waals surface area contributed by atoms with Gasteiger partial charge in [0.15, 0.2) is 0 Å². The van der Waals surface area contributed by atoms with E-state index in [9.17, 15) is 0 Å². The number of hydrogen-bond donors (Lipinski definition) is 1. The Morgan fingerprint density at radius 2 is 2.00 bits per heavy atom. The van der Waals surface area contributed by atoms with E-state index in [0.29, 0.717) is 5.54 Å². The lowest BCUT2D eigenvalue weighted by Gasteiger charge is -2.43. The number of nitrogens with zero attached hydrogens (tertiary/aromatic N) is 1. The third-order valence-corrected chi connectivity index (χ3v) is 3.27. The molecule has 2 saturated heterocycles. The van der Waals surface area contributed by atoms with Crippen molar-refractivity contribution in [2.75, 3.05) is 26.7 Å².